The molecule has 2 heterocycles. The van der Waals surface area contributed by atoms with E-state index in [2.05, 4.69) is 4.98 Å². The van der Waals surface area contributed by atoms with Gasteiger partial charge in [-0.1, -0.05) is 29.8 Å². The molecule has 2 aromatic carbocycles. The van der Waals surface area contributed by atoms with Crippen molar-refractivity contribution in [1.82, 2.24) is 4.98 Å². The summed E-state index contributed by atoms with van der Waals surface area (Å²) in [4.78, 5) is 4.54. The van der Waals surface area contributed by atoms with Crippen molar-refractivity contribution in [3.8, 4) is 11.5 Å². The Morgan fingerprint density at radius 2 is 1.64 bits per heavy atom. The number of nitrogens with zero attached hydrogens (tertiary/aromatic N) is 1. The van der Waals surface area contributed by atoms with Gasteiger partial charge < -0.3 is 13.7 Å². The number of halogens is 1. The van der Waals surface area contributed by atoms with Crippen LogP contribution in [0.15, 0.2) is 46.9 Å². The molecule has 128 valence electrons. The summed E-state index contributed by atoms with van der Waals surface area (Å²) in [5, 5.41) is 0.576. The third-order valence-corrected chi connectivity index (χ3v) is 5.37. The Morgan fingerprint density at radius 1 is 0.960 bits per heavy atom. The summed E-state index contributed by atoms with van der Waals surface area (Å²) < 4.78 is 18.1. The molecule has 0 unspecified atom stereocenters. The van der Waals surface area contributed by atoms with E-state index >= 15 is 0 Å². The van der Waals surface area contributed by atoms with Crippen LogP contribution >= 0.6 is 11.6 Å². The highest BCUT2D eigenvalue weighted by molar-refractivity contribution is 6.62. The topological polar surface area (TPSA) is 44.5 Å². The predicted octanol–water partition coefficient (Wildman–Crippen LogP) is 4.45. The highest BCUT2D eigenvalue weighted by Crippen LogP contribution is 2.37. The van der Waals surface area contributed by atoms with Crippen LogP contribution in [0.5, 0.6) is 0 Å². The smallest absolute Gasteiger partial charge is 0.436 e. The minimum Gasteiger partial charge on any atom is -0.436 e. The van der Waals surface area contributed by atoms with Crippen LogP contribution in [-0.4, -0.2) is 23.3 Å². The highest BCUT2D eigenvalue weighted by Gasteiger charge is 2.51. The average molecular weight is 356 g/mol. The lowest BCUT2D eigenvalue weighted by atomic mass is 9.78. The van der Waals surface area contributed by atoms with Crippen LogP contribution in [0.2, 0.25) is 5.02 Å². The van der Waals surface area contributed by atoms with Gasteiger partial charge in [0.25, 0.3) is 0 Å². The second-order valence-corrected chi connectivity index (χ2v) is 7.72. The first kappa shape index (κ1) is 16.6. The van der Waals surface area contributed by atoms with Crippen molar-refractivity contribution in [3.63, 3.8) is 0 Å². The molecule has 0 atom stereocenters. The van der Waals surface area contributed by atoms with Gasteiger partial charge in [-0.2, -0.15) is 0 Å². The van der Waals surface area contributed by atoms with Gasteiger partial charge in [0.15, 0.2) is 5.58 Å². The fourth-order valence-corrected chi connectivity index (χ4v) is 3.02. The van der Waals surface area contributed by atoms with Gasteiger partial charge in [-0.3, -0.25) is 0 Å². The molecule has 0 bridgehead atoms. The molecule has 0 amide bonds. The lowest BCUT2D eigenvalue weighted by molar-refractivity contribution is 0.00578. The average Bonchev–Trinajstić information content (AvgIpc) is 3.06. The molecular weight excluding hydrogens is 336 g/mol. The van der Waals surface area contributed by atoms with Crippen LogP contribution in [-0.2, 0) is 9.31 Å². The molecule has 1 fully saturated rings. The van der Waals surface area contributed by atoms with E-state index in [1.54, 1.807) is 0 Å². The summed E-state index contributed by atoms with van der Waals surface area (Å²) in [6, 6.07) is 13.3. The van der Waals surface area contributed by atoms with E-state index in [1.165, 1.54) is 0 Å². The lowest BCUT2D eigenvalue weighted by Crippen LogP contribution is -2.41. The molecule has 4 nitrogen and oxygen atoms in total. The number of rotatable bonds is 2. The SMILES string of the molecule is CC1(C)OB(c2ccc(Cl)c(-c3nc4ccccc4o3)c2)OC1(C)C. The molecule has 1 saturated heterocycles. The van der Waals surface area contributed by atoms with Gasteiger partial charge in [0.05, 0.1) is 21.8 Å². The second-order valence-electron chi connectivity index (χ2n) is 7.31. The molecule has 0 saturated carbocycles. The largest absolute Gasteiger partial charge is 0.494 e. The van der Waals surface area contributed by atoms with E-state index < -0.39 is 18.3 Å². The maximum Gasteiger partial charge on any atom is 0.494 e. The van der Waals surface area contributed by atoms with E-state index in [0.29, 0.717) is 10.9 Å². The van der Waals surface area contributed by atoms with Crippen molar-refractivity contribution < 1.29 is 13.7 Å². The van der Waals surface area contributed by atoms with Gasteiger partial charge in [-0.05, 0) is 57.4 Å². The van der Waals surface area contributed by atoms with Crippen molar-refractivity contribution in [2.75, 3.05) is 0 Å². The van der Waals surface area contributed by atoms with Gasteiger partial charge >= 0.3 is 7.12 Å². The summed E-state index contributed by atoms with van der Waals surface area (Å²) in [5.74, 6) is 0.490. The van der Waals surface area contributed by atoms with E-state index in [1.807, 2.05) is 70.2 Å². The lowest BCUT2D eigenvalue weighted by Gasteiger charge is -2.32. The van der Waals surface area contributed by atoms with Crippen molar-refractivity contribution in [1.29, 1.82) is 0 Å². The minimum atomic E-state index is -0.453. The summed E-state index contributed by atoms with van der Waals surface area (Å²) >= 11 is 6.40. The first-order chi connectivity index (χ1) is 11.8. The number of hydrogen-bond donors (Lipinski definition) is 0. The van der Waals surface area contributed by atoms with Gasteiger partial charge in [-0.15, -0.1) is 0 Å². The van der Waals surface area contributed by atoms with Crippen LogP contribution in [0.1, 0.15) is 27.7 Å². The van der Waals surface area contributed by atoms with E-state index in [9.17, 15) is 0 Å². The van der Waals surface area contributed by atoms with Crippen LogP contribution < -0.4 is 5.46 Å². The zero-order chi connectivity index (χ0) is 17.8. The quantitative estimate of drug-likeness (QED) is 0.637. The van der Waals surface area contributed by atoms with E-state index in [4.69, 9.17) is 25.3 Å². The number of benzene rings is 2. The summed E-state index contributed by atoms with van der Waals surface area (Å²) in [7, 11) is -0.453. The molecule has 6 heteroatoms. The normalized spacial score (nSPS) is 18.8. The van der Waals surface area contributed by atoms with Crippen LogP contribution in [0.4, 0.5) is 0 Å². The van der Waals surface area contributed by atoms with Crippen LogP contribution in [0.3, 0.4) is 0 Å². The monoisotopic (exact) mass is 355 g/mol. The molecule has 0 radical (unpaired) electrons. The third-order valence-electron chi connectivity index (χ3n) is 5.04. The molecule has 0 N–H and O–H groups in total. The fraction of sp³-hybridized carbons (Fsp3) is 0.316. The van der Waals surface area contributed by atoms with Crippen molar-refractivity contribution in [3.05, 3.63) is 47.5 Å². The highest BCUT2D eigenvalue weighted by atomic mass is 35.5. The van der Waals surface area contributed by atoms with Gasteiger partial charge in [0, 0.05) is 0 Å². The number of oxazole rings is 1. The molecule has 25 heavy (non-hydrogen) atoms. The summed E-state index contributed by atoms with van der Waals surface area (Å²) in [6.45, 7) is 8.13. The number of fused-ring (bicyclic) bond motifs is 1. The summed E-state index contributed by atoms with van der Waals surface area (Å²) in [5.41, 5.74) is 2.36. The Hall–Kier alpha value is -1.82. The van der Waals surface area contributed by atoms with Crippen molar-refractivity contribution in [2.24, 2.45) is 0 Å². The standard InChI is InChI=1S/C19H19BClNO3/c1-18(2)19(3,4)25-20(24-18)12-9-10-14(21)13(11-12)17-22-15-7-5-6-8-16(15)23-17/h5-11H,1-4H3. The van der Waals surface area contributed by atoms with Gasteiger partial charge in [0.2, 0.25) is 5.89 Å². The maximum absolute atomic E-state index is 6.40. The Kier molecular flexibility index (Phi) is 3.72. The first-order valence-electron chi connectivity index (χ1n) is 8.28. The van der Waals surface area contributed by atoms with E-state index in [-0.39, 0.29) is 0 Å². The zero-order valence-corrected chi connectivity index (χ0v) is 15.4. The minimum absolute atomic E-state index is 0.394. The first-order valence-corrected chi connectivity index (χ1v) is 8.66. The fourth-order valence-electron chi connectivity index (χ4n) is 2.82. The summed E-state index contributed by atoms with van der Waals surface area (Å²) in [6.07, 6.45) is 0. The zero-order valence-electron chi connectivity index (χ0n) is 14.7. The number of hydrogen-bond acceptors (Lipinski definition) is 4. The van der Waals surface area contributed by atoms with Crippen LogP contribution in [0.25, 0.3) is 22.6 Å². The third kappa shape index (κ3) is 2.76. The predicted molar refractivity (Wildman–Crippen MR) is 100 cm³/mol. The van der Waals surface area contributed by atoms with E-state index in [0.717, 1.165) is 22.1 Å². The van der Waals surface area contributed by atoms with Crippen LogP contribution in [0, 0.1) is 0 Å². The molecular formula is C19H19BClNO3. The molecule has 3 aromatic rings. The molecule has 0 aliphatic carbocycles. The maximum atomic E-state index is 6.40. The Morgan fingerprint density at radius 3 is 2.32 bits per heavy atom. The van der Waals surface area contributed by atoms with Gasteiger partial charge in [0.1, 0.15) is 5.52 Å². The van der Waals surface area contributed by atoms with Gasteiger partial charge in [-0.25, -0.2) is 4.98 Å². The number of para-hydroxylation sites is 2. The Labute approximate surface area is 152 Å². The molecule has 1 aliphatic rings. The molecule has 0 spiro atoms. The van der Waals surface area contributed by atoms with Crippen molar-refractivity contribution >= 4 is 35.3 Å². The Balaban J connectivity index is 1.75. The molecule has 1 aliphatic heterocycles. The van der Waals surface area contributed by atoms with Crippen molar-refractivity contribution in [2.45, 2.75) is 38.9 Å². The Bertz CT molecular complexity index is 902. The molecule has 1 aromatic heterocycles. The molecule has 4 rings (SSSR count). The second kappa shape index (κ2) is 5.59. The number of aromatic nitrogens is 1.